The van der Waals surface area contributed by atoms with Gasteiger partial charge in [0.15, 0.2) is 0 Å². The van der Waals surface area contributed by atoms with Gasteiger partial charge in [-0.15, -0.1) is 0 Å². The van der Waals surface area contributed by atoms with E-state index in [1.807, 2.05) is 61.2 Å². The number of nitrogens with zero attached hydrogens (tertiary/aromatic N) is 6. The van der Waals surface area contributed by atoms with Gasteiger partial charge in [-0.05, 0) is 101 Å². The Morgan fingerprint density at radius 3 is 1.90 bits per heavy atom. The van der Waals surface area contributed by atoms with Crippen LogP contribution in [0.25, 0.3) is 16.6 Å². The van der Waals surface area contributed by atoms with E-state index in [1.165, 1.54) is 33.3 Å². The van der Waals surface area contributed by atoms with Gasteiger partial charge < -0.3 is 23.5 Å². The second-order valence-electron chi connectivity index (χ2n) is 17.2. The first-order valence-electron chi connectivity index (χ1n) is 22.5. The third-order valence-electron chi connectivity index (χ3n) is 11.3. The van der Waals surface area contributed by atoms with Crippen molar-refractivity contribution in [2.24, 2.45) is 0 Å². The molecule has 0 amide bonds. The number of aromatic nitrogens is 4. The van der Waals surface area contributed by atoms with Crippen LogP contribution in [0.15, 0.2) is 140 Å². The van der Waals surface area contributed by atoms with E-state index in [-0.39, 0.29) is 6.10 Å². The summed E-state index contributed by atoms with van der Waals surface area (Å²) in [6, 6.07) is 35.4. The fourth-order valence-corrected chi connectivity index (χ4v) is 7.13. The van der Waals surface area contributed by atoms with Crippen molar-refractivity contribution in [3.8, 4) is 11.5 Å². The summed E-state index contributed by atoms with van der Waals surface area (Å²) in [6.07, 6.45) is 11.5. The Labute approximate surface area is 377 Å². The van der Waals surface area contributed by atoms with E-state index < -0.39 is 0 Å². The number of pyridine rings is 3. The fourth-order valence-electron chi connectivity index (χ4n) is 7.13. The molecule has 0 radical (unpaired) electrons. The molecule has 8 rings (SSSR count). The van der Waals surface area contributed by atoms with Crippen molar-refractivity contribution in [1.82, 2.24) is 24.3 Å². The molecule has 0 N–H and O–H groups in total. The second kappa shape index (κ2) is 24.8. The number of benzene rings is 3. The van der Waals surface area contributed by atoms with Crippen LogP contribution in [0.3, 0.4) is 0 Å². The number of methoxy groups -OCH3 is 2. The van der Waals surface area contributed by atoms with E-state index in [1.54, 1.807) is 20.4 Å². The number of hydrogen-bond donors (Lipinski definition) is 0. The zero-order valence-corrected chi connectivity index (χ0v) is 39.3. The molecule has 63 heavy (non-hydrogen) atoms. The summed E-state index contributed by atoms with van der Waals surface area (Å²) in [7, 11) is 3.50. The highest BCUT2D eigenvalue weighted by molar-refractivity contribution is 5.79. The molecule has 4 aromatic heterocycles. The normalized spacial score (nSPS) is 13.3. The molecule has 0 bridgehead atoms. The number of imidazole rings is 1. The maximum absolute atomic E-state index is 5.98. The molecule has 9 heteroatoms. The van der Waals surface area contributed by atoms with Crippen molar-refractivity contribution < 1.29 is 14.2 Å². The lowest BCUT2D eigenvalue weighted by molar-refractivity contribution is 0.0281. The SMILES string of the molecule is CC(C)c1ccc2ncccc2c1.CC(C)c1ccc2nccn2c1.CC(C)c1cccnc1.COc1ccccc1N1CCN(CC(COc2ccc(C(C)C)cc2)OC)CC1. The average Bonchev–Trinajstić information content (AvgIpc) is 3.80. The van der Waals surface area contributed by atoms with Crippen molar-refractivity contribution in [3.63, 3.8) is 0 Å². The molecule has 5 heterocycles. The van der Waals surface area contributed by atoms with Crippen LogP contribution in [0, 0.1) is 0 Å². The molecule has 9 nitrogen and oxygen atoms in total. The maximum Gasteiger partial charge on any atom is 0.142 e. The Hall–Kier alpha value is -5.77. The molecule has 1 fully saturated rings. The number of hydrogen-bond acceptors (Lipinski definition) is 8. The third-order valence-corrected chi connectivity index (χ3v) is 11.3. The van der Waals surface area contributed by atoms with Crippen LogP contribution in [0.5, 0.6) is 11.5 Å². The molecule has 1 saturated heterocycles. The molecule has 0 spiro atoms. The summed E-state index contributed by atoms with van der Waals surface area (Å²) in [5.41, 5.74) is 8.62. The maximum atomic E-state index is 5.98. The molecule has 7 aromatic rings. The number of piperazine rings is 1. The fraction of sp³-hybridized carbons (Fsp3) is 0.389. The van der Waals surface area contributed by atoms with Gasteiger partial charge in [0, 0.05) is 82.4 Å². The lowest BCUT2D eigenvalue weighted by Gasteiger charge is -2.37. The van der Waals surface area contributed by atoms with Crippen LogP contribution in [0.4, 0.5) is 5.69 Å². The first-order chi connectivity index (χ1) is 30.4. The highest BCUT2D eigenvalue weighted by atomic mass is 16.5. The standard InChI is InChI=1S/C24H34N2O3.C12H13N.C10H12N2.C8H11N/c1-19(2)20-9-11-21(12-10-20)29-18-22(27-3)17-25-13-15-26(16-14-25)23-7-5-6-8-24(23)28-4;1-9(2)10-5-6-12-11(8-10)4-3-7-13-12;1-8(2)9-3-4-10-11-5-6-12(10)7-9;1-7(2)8-4-3-5-9-6-8/h5-12,19,22H,13-18H2,1-4H3;3-9H,1-2H3;3-8H,1-2H3;3-7H,1-2H3. The summed E-state index contributed by atoms with van der Waals surface area (Å²) in [4.78, 5) is 17.3. The predicted molar refractivity (Wildman–Crippen MR) is 262 cm³/mol. The van der Waals surface area contributed by atoms with Gasteiger partial charge in [0.05, 0.1) is 18.3 Å². The highest BCUT2D eigenvalue weighted by Crippen LogP contribution is 2.28. The van der Waals surface area contributed by atoms with E-state index in [9.17, 15) is 0 Å². The van der Waals surface area contributed by atoms with Crippen LogP contribution in [0.1, 0.15) is 101 Å². The van der Waals surface area contributed by atoms with E-state index in [4.69, 9.17) is 14.2 Å². The smallest absolute Gasteiger partial charge is 0.142 e. The zero-order chi connectivity index (χ0) is 45.1. The highest BCUT2D eigenvalue weighted by Gasteiger charge is 2.22. The van der Waals surface area contributed by atoms with Crippen LogP contribution < -0.4 is 14.4 Å². The molecule has 0 saturated carbocycles. The van der Waals surface area contributed by atoms with Crippen LogP contribution in [0.2, 0.25) is 0 Å². The first-order valence-corrected chi connectivity index (χ1v) is 22.5. The minimum Gasteiger partial charge on any atom is -0.495 e. The summed E-state index contributed by atoms with van der Waals surface area (Å²) in [5, 5.41) is 1.23. The zero-order valence-electron chi connectivity index (χ0n) is 39.3. The Balaban J connectivity index is 0.000000180. The number of para-hydroxylation sites is 2. The van der Waals surface area contributed by atoms with Gasteiger partial charge in [-0.2, -0.15) is 0 Å². The largest absolute Gasteiger partial charge is 0.495 e. The quantitative estimate of drug-likeness (QED) is 0.120. The predicted octanol–water partition coefficient (Wildman–Crippen LogP) is 12.1. The molecule has 1 aliphatic heterocycles. The molecule has 0 aliphatic carbocycles. The van der Waals surface area contributed by atoms with E-state index in [0.717, 1.165) is 55.4 Å². The molecular formula is C54H70N6O3. The van der Waals surface area contributed by atoms with Crippen molar-refractivity contribution in [3.05, 3.63) is 163 Å². The van der Waals surface area contributed by atoms with E-state index in [2.05, 4.69) is 157 Å². The van der Waals surface area contributed by atoms with Crippen molar-refractivity contribution in [2.75, 3.05) is 58.5 Å². The van der Waals surface area contributed by atoms with Gasteiger partial charge >= 0.3 is 0 Å². The van der Waals surface area contributed by atoms with Gasteiger partial charge in [0.25, 0.3) is 0 Å². The monoisotopic (exact) mass is 851 g/mol. The lowest BCUT2D eigenvalue weighted by atomic mass is 10.0. The topological polar surface area (TPSA) is 77.3 Å². The van der Waals surface area contributed by atoms with E-state index in [0.29, 0.717) is 30.3 Å². The van der Waals surface area contributed by atoms with E-state index >= 15 is 0 Å². The van der Waals surface area contributed by atoms with Gasteiger partial charge in [0.1, 0.15) is 29.9 Å². The van der Waals surface area contributed by atoms with Crippen LogP contribution in [-0.2, 0) is 4.74 Å². The molecule has 1 unspecified atom stereocenters. The minimum atomic E-state index is 0.0533. The second-order valence-corrected chi connectivity index (χ2v) is 17.2. The van der Waals surface area contributed by atoms with Crippen molar-refractivity contribution in [1.29, 1.82) is 0 Å². The Morgan fingerprint density at radius 1 is 0.603 bits per heavy atom. The third kappa shape index (κ3) is 14.9. The molecule has 1 aliphatic rings. The van der Waals surface area contributed by atoms with Crippen LogP contribution >= 0.6 is 0 Å². The van der Waals surface area contributed by atoms with Crippen LogP contribution in [-0.4, -0.2) is 83.9 Å². The first kappa shape index (κ1) is 48.3. The Morgan fingerprint density at radius 2 is 1.27 bits per heavy atom. The lowest BCUT2D eigenvalue weighted by Crippen LogP contribution is -2.49. The number of fused-ring (bicyclic) bond motifs is 2. The van der Waals surface area contributed by atoms with Gasteiger partial charge in [0.2, 0.25) is 0 Å². The summed E-state index contributed by atoms with van der Waals surface area (Å²) in [5.74, 6) is 4.13. The Bertz CT molecular complexity index is 2350. The molecule has 1 atom stereocenters. The number of ether oxygens (including phenoxy) is 3. The number of anilines is 1. The van der Waals surface area contributed by atoms with Crippen molar-refractivity contribution >= 4 is 22.2 Å². The number of rotatable bonds is 12. The minimum absolute atomic E-state index is 0.0533. The summed E-state index contributed by atoms with van der Waals surface area (Å²) < 4.78 is 19.2. The van der Waals surface area contributed by atoms with Crippen molar-refractivity contribution in [2.45, 2.75) is 85.2 Å². The summed E-state index contributed by atoms with van der Waals surface area (Å²) in [6.45, 7) is 22.9. The molecule has 334 valence electrons. The molecular weight excluding hydrogens is 781 g/mol. The summed E-state index contributed by atoms with van der Waals surface area (Å²) >= 11 is 0. The average molecular weight is 851 g/mol. The Kier molecular flexibility index (Phi) is 19.0. The molecule has 3 aromatic carbocycles. The van der Waals surface area contributed by atoms with Gasteiger partial charge in [-0.3, -0.25) is 14.9 Å². The van der Waals surface area contributed by atoms with Gasteiger partial charge in [-0.25, -0.2) is 4.98 Å². The van der Waals surface area contributed by atoms with Gasteiger partial charge in [-0.1, -0.05) is 104 Å².